The van der Waals surface area contributed by atoms with Gasteiger partial charge in [0.2, 0.25) is 0 Å². The summed E-state index contributed by atoms with van der Waals surface area (Å²) in [6.45, 7) is 6.09. The molecule has 0 radical (unpaired) electrons. The van der Waals surface area contributed by atoms with Gasteiger partial charge in [-0.1, -0.05) is 42.3 Å². The third kappa shape index (κ3) is 4.57. The standard InChI is InChI=1S/C24H25Cl2NO5/c1-5-9-27-20(14-7-6-8-16(10-14)32-13(2)3)19(22(29)24(27)30)21(28)15-11-17(25)23(31-4)18(26)12-15/h6-8,10-13,20,28H,5,9H2,1-4H3/b21-19+. The lowest BCUT2D eigenvalue weighted by Crippen LogP contribution is -2.30. The molecule has 170 valence electrons. The van der Waals surface area contributed by atoms with Crippen LogP contribution in [0.3, 0.4) is 0 Å². The van der Waals surface area contributed by atoms with Gasteiger partial charge >= 0.3 is 0 Å². The van der Waals surface area contributed by atoms with Crippen molar-refractivity contribution in [3.8, 4) is 11.5 Å². The molecule has 1 amide bonds. The van der Waals surface area contributed by atoms with Crippen LogP contribution in [0, 0.1) is 0 Å². The van der Waals surface area contributed by atoms with Crippen LogP contribution in [0.15, 0.2) is 42.0 Å². The number of hydrogen-bond acceptors (Lipinski definition) is 5. The van der Waals surface area contributed by atoms with E-state index in [1.54, 1.807) is 24.3 Å². The van der Waals surface area contributed by atoms with Gasteiger partial charge in [-0.25, -0.2) is 0 Å². The fourth-order valence-electron chi connectivity index (χ4n) is 3.78. The van der Waals surface area contributed by atoms with Crippen LogP contribution in [0.1, 0.15) is 44.4 Å². The largest absolute Gasteiger partial charge is 0.507 e. The van der Waals surface area contributed by atoms with E-state index in [1.165, 1.54) is 24.1 Å². The Morgan fingerprint density at radius 3 is 2.38 bits per heavy atom. The summed E-state index contributed by atoms with van der Waals surface area (Å²) in [5, 5.41) is 11.5. The molecule has 1 aliphatic heterocycles. The van der Waals surface area contributed by atoms with E-state index in [-0.39, 0.29) is 38.8 Å². The third-order valence-electron chi connectivity index (χ3n) is 5.03. The number of ketones is 1. The number of methoxy groups -OCH3 is 1. The zero-order chi connectivity index (χ0) is 23.6. The summed E-state index contributed by atoms with van der Waals surface area (Å²) in [5.41, 5.74) is 0.848. The maximum atomic E-state index is 13.0. The quantitative estimate of drug-likeness (QED) is 0.318. The van der Waals surface area contributed by atoms with Gasteiger partial charge in [-0.2, -0.15) is 0 Å². The summed E-state index contributed by atoms with van der Waals surface area (Å²) in [6.07, 6.45) is 0.599. The van der Waals surface area contributed by atoms with Gasteiger partial charge in [0, 0.05) is 12.1 Å². The van der Waals surface area contributed by atoms with Gasteiger partial charge in [0.15, 0.2) is 5.75 Å². The Morgan fingerprint density at radius 2 is 1.81 bits per heavy atom. The second-order valence-electron chi connectivity index (χ2n) is 7.70. The monoisotopic (exact) mass is 477 g/mol. The van der Waals surface area contributed by atoms with Crippen LogP contribution in [0.2, 0.25) is 10.0 Å². The van der Waals surface area contributed by atoms with Crippen molar-refractivity contribution in [1.29, 1.82) is 0 Å². The molecule has 6 nitrogen and oxygen atoms in total. The first kappa shape index (κ1) is 24.0. The maximum Gasteiger partial charge on any atom is 0.295 e. The molecule has 32 heavy (non-hydrogen) atoms. The SMILES string of the molecule is CCCN1C(=O)C(=O)/C(=C(/O)c2cc(Cl)c(OC)c(Cl)c2)C1c1cccc(OC(C)C)c1. The first-order chi connectivity index (χ1) is 15.2. The summed E-state index contributed by atoms with van der Waals surface area (Å²) >= 11 is 12.5. The number of likely N-dealkylation sites (tertiary alicyclic amines) is 1. The summed E-state index contributed by atoms with van der Waals surface area (Å²) in [7, 11) is 1.43. The zero-order valence-electron chi connectivity index (χ0n) is 18.3. The van der Waals surface area contributed by atoms with E-state index < -0.39 is 17.7 Å². The molecule has 8 heteroatoms. The molecule has 1 fully saturated rings. The number of rotatable bonds is 7. The van der Waals surface area contributed by atoms with Crippen LogP contribution in [0.25, 0.3) is 5.76 Å². The number of carbonyl (C=O) groups excluding carboxylic acids is 2. The average molecular weight is 478 g/mol. The van der Waals surface area contributed by atoms with E-state index in [0.717, 1.165) is 0 Å². The van der Waals surface area contributed by atoms with Gasteiger partial charge < -0.3 is 19.5 Å². The summed E-state index contributed by atoms with van der Waals surface area (Å²) < 4.78 is 10.9. The number of amides is 1. The van der Waals surface area contributed by atoms with Crippen LogP contribution in [0.5, 0.6) is 11.5 Å². The Morgan fingerprint density at radius 1 is 1.16 bits per heavy atom. The van der Waals surface area contributed by atoms with Crippen molar-refractivity contribution < 1.29 is 24.2 Å². The Kier molecular flexibility index (Phi) is 7.36. The number of aliphatic hydroxyl groups is 1. The van der Waals surface area contributed by atoms with Gasteiger partial charge in [0.1, 0.15) is 11.5 Å². The smallest absolute Gasteiger partial charge is 0.295 e. The molecule has 1 aliphatic rings. The molecule has 1 heterocycles. The zero-order valence-corrected chi connectivity index (χ0v) is 19.8. The molecule has 2 aromatic rings. The molecule has 0 aromatic heterocycles. The highest BCUT2D eigenvalue weighted by Crippen LogP contribution is 2.42. The number of halogens is 2. The molecule has 2 aromatic carbocycles. The molecule has 0 aliphatic carbocycles. The van der Waals surface area contributed by atoms with Crippen LogP contribution in [0.4, 0.5) is 0 Å². The molecule has 1 saturated heterocycles. The first-order valence-electron chi connectivity index (χ1n) is 10.3. The number of hydrogen-bond donors (Lipinski definition) is 1. The molecule has 0 bridgehead atoms. The van der Waals surface area contributed by atoms with E-state index in [1.807, 2.05) is 20.8 Å². The maximum absolute atomic E-state index is 13.0. The molecular weight excluding hydrogens is 453 g/mol. The fourth-order valence-corrected chi connectivity index (χ4v) is 4.42. The number of ether oxygens (including phenoxy) is 2. The predicted molar refractivity (Wildman–Crippen MR) is 125 cm³/mol. The Bertz CT molecular complexity index is 1060. The van der Waals surface area contributed by atoms with Gasteiger partial charge in [-0.05, 0) is 50.1 Å². The molecule has 0 saturated carbocycles. The van der Waals surface area contributed by atoms with Crippen molar-refractivity contribution in [3.63, 3.8) is 0 Å². The van der Waals surface area contributed by atoms with Gasteiger partial charge in [-0.15, -0.1) is 0 Å². The second-order valence-corrected chi connectivity index (χ2v) is 8.52. The normalized spacial score (nSPS) is 17.8. The van der Waals surface area contributed by atoms with E-state index in [9.17, 15) is 14.7 Å². The topological polar surface area (TPSA) is 76.1 Å². The van der Waals surface area contributed by atoms with E-state index in [4.69, 9.17) is 32.7 Å². The number of Topliss-reactive ketones (excluding diaryl/α,β-unsaturated/α-hetero) is 1. The van der Waals surface area contributed by atoms with Crippen LogP contribution >= 0.6 is 23.2 Å². The Labute approximate surface area is 197 Å². The fraction of sp³-hybridized carbons (Fsp3) is 0.333. The van der Waals surface area contributed by atoms with Crippen LogP contribution < -0.4 is 9.47 Å². The van der Waals surface area contributed by atoms with Crippen LogP contribution in [-0.4, -0.2) is 41.5 Å². The van der Waals surface area contributed by atoms with Crippen molar-refractivity contribution in [3.05, 3.63) is 63.1 Å². The minimum atomic E-state index is -0.773. The molecule has 3 rings (SSSR count). The lowest BCUT2D eigenvalue weighted by molar-refractivity contribution is -0.139. The molecular formula is C24H25Cl2NO5. The van der Waals surface area contributed by atoms with E-state index in [0.29, 0.717) is 24.3 Å². The second kappa shape index (κ2) is 9.84. The van der Waals surface area contributed by atoms with Gasteiger partial charge in [-0.3, -0.25) is 9.59 Å². The number of aliphatic hydroxyl groups excluding tert-OH is 1. The molecule has 1 atom stereocenters. The highest BCUT2D eigenvalue weighted by Gasteiger charge is 2.45. The van der Waals surface area contributed by atoms with E-state index >= 15 is 0 Å². The highest BCUT2D eigenvalue weighted by atomic mass is 35.5. The van der Waals surface area contributed by atoms with E-state index in [2.05, 4.69) is 0 Å². The van der Waals surface area contributed by atoms with Crippen molar-refractivity contribution >= 4 is 40.7 Å². The minimum absolute atomic E-state index is 0.0255. The molecule has 1 unspecified atom stereocenters. The summed E-state index contributed by atoms with van der Waals surface area (Å²) in [4.78, 5) is 27.3. The first-order valence-corrected chi connectivity index (χ1v) is 11.0. The molecule has 0 spiro atoms. The van der Waals surface area contributed by atoms with Crippen molar-refractivity contribution in [2.45, 2.75) is 39.3 Å². The minimum Gasteiger partial charge on any atom is -0.507 e. The number of nitrogens with zero attached hydrogens (tertiary/aromatic N) is 1. The van der Waals surface area contributed by atoms with Crippen LogP contribution in [-0.2, 0) is 9.59 Å². The lowest BCUT2D eigenvalue weighted by atomic mass is 9.95. The van der Waals surface area contributed by atoms with Gasteiger partial charge in [0.05, 0.1) is 34.9 Å². The van der Waals surface area contributed by atoms with Crippen molar-refractivity contribution in [2.75, 3.05) is 13.7 Å². The highest BCUT2D eigenvalue weighted by molar-refractivity contribution is 6.46. The Hall–Kier alpha value is -2.70. The summed E-state index contributed by atoms with van der Waals surface area (Å²) in [5.74, 6) is -0.923. The average Bonchev–Trinajstić information content (AvgIpc) is 2.98. The van der Waals surface area contributed by atoms with Crippen molar-refractivity contribution in [1.82, 2.24) is 4.90 Å². The summed E-state index contributed by atoms with van der Waals surface area (Å²) in [6, 6.07) is 9.30. The number of carbonyl (C=O) groups is 2. The third-order valence-corrected chi connectivity index (χ3v) is 5.59. The Balaban J connectivity index is 2.20. The number of benzene rings is 2. The van der Waals surface area contributed by atoms with Gasteiger partial charge in [0.25, 0.3) is 11.7 Å². The lowest BCUT2D eigenvalue weighted by Gasteiger charge is -2.25. The molecule has 1 N–H and O–H groups in total. The van der Waals surface area contributed by atoms with Crippen molar-refractivity contribution in [2.24, 2.45) is 0 Å². The predicted octanol–water partition coefficient (Wildman–Crippen LogP) is 5.62.